The third-order valence-corrected chi connectivity index (χ3v) is 1.63. The first-order valence-corrected chi connectivity index (χ1v) is 3.81. The Balaban J connectivity index is 2.81. The summed E-state index contributed by atoms with van der Waals surface area (Å²) in [4.78, 5) is 3.25. The first-order chi connectivity index (χ1) is 5.24. The van der Waals surface area contributed by atoms with Crippen LogP contribution in [0, 0.1) is 0 Å². The molecule has 0 atom stereocenters. The van der Waals surface area contributed by atoms with E-state index in [0.717, 1.165) is 5.69 Å². The minimum absolute atomic E-state index is 0.551. The summed E-state index contributed by atoms with van der Waals surface area (Å²) in [7, 11) is 0. The van der Waals surface area contributed by atoms with Crippen molar-refractivity contribution in [2.75, 3.05) is 0 Å². The van der Waals surface area contributed by atoms with Crippen molar-refractivity contribution in [2.45, 2.75) is 19.8 Å². The van der Waals surface area contributed by atoms with Crippen LogP contribution in [0.1, 0.15) is 31.2 Å². The van der Waals surface area contributed by atoms with Crippen LogP contribution in [0.25, 0.3) is 6.08 Å². The Hall–Kier alpha value is -1.18. The molecule has 2 heteroatoms. The lowest BCUT2D eigenvalue weighted by molar-refractivity contribution is 0.832. The average molecular weight is 150 g/mol. The lowest BCUT2D eigenvalue weighted by Gasteiger charge is -1.98. The highest BCUT2D eigenvalue weighted by atomic mass is 14.7. The molecule has 1 heterocycles. The van der Waals surface area contributed by atoms with E-state index in [1.54, 1.807) is 0 Å². The summed E-state index contributed by atoms with van der Waals surface area (Å²) in [5.41, 5.74) is 7.56. The number of aromatic amines is 1. The molecule has 0 fully saturated rings. The molecule has 0 aliphatic carbocycles. The molecule has 0 saturated heterocycles. The molecule has 1 aromatic rings. The number of aromatic nitrogens is 1. The molecule has 0 aliphatic heterocycles. The fourth-order valence-corrected chi connectivity index (χ4v) is 0.967. The van der Waals surface area contributed by atoms with E-state index in [4.69, 9.17) is 5.73 Å². The summed E-state index contributed by atoms with van der Waals surface area (Å²) < 4.78 is 0. The Labute approximate surface area is 67.1 Å². The van der Waals surface area contributed by atoms with Gasteiger partial charge < -0.3 is 10.7 Å². The molecule has 0 unspecified atom stereocenters. The maximum Gasteiger partial charge on any atom is 0.0396 e. The SMILES string of the molecule is CC(C)c1ccc(/C=C\N)[nH]1. The van der Waals surface area contributed by atoms with Gasteiger partial charge in [-0.05, 0) is 30.3 Å². The van der Waals surface area contributed by atoms with E-state index in [0.29, 0.717) is 5.92 Å². The standard InChI is InChI=1S/C9H14N2/c1-7(2)9-4-3-8(11-9)5-6-10/h3-7,11H,10H2,1-2H3/b6-5-. The molecule has 0 bridgehead atoms. The second-order valence-electron chi connectivity index (χ2n) is 2.88. The monoisotopic (exact) mass is 150 g/mol. The summed E-state index contributed by atoms with van der Waals surface area (Å²) in [5.74, 6) is 0.551. The molecule has 11 heavy (non-hydrogen) atoms. The average Bonchev–Trinajstić information content (AvgIpc) is 2.37. The van der Waals surface area contributed by atoms with Gasteiger partial charge in [-0.25, -0.2) is 0 Å². The summed E-state index contributed by atoms with van der Waals surface area (Å²) in [6, 6.07) is 4.11. The smallest absolute Gasteiger partial charge is 0.0396 e. The molecule has 0 saturated carbocycles. The number of rotatable bonds is 2. The molecule has 0 spiro atoms. The van der Waals surface area contributed by atoms with Crippen molar-refractivity contribution in [1.29, 1.82) is 0 Å². The lowest BCUT2D eigenvalue weighted by atomic mass is 10.1. The summed E-state index contributed by atoms with van der Waals surface area (Å²) in [6.45, 7) is 4.31. The Morgan fingerprint density at radius 1 is 1.45 bits per heavy atom. The zero-order valence-electron chi connectivity index (χ0n) is 6.96. The van der Waals surface area contributed by atoms with Gasteiger partial charge in [0.2, 0.25) is 0 Å². The first-order valence-electron chi connectivity index (χ1n) is 3.81. The van der Waals surface area contributed by atoms with Gasteiger partial charge >= 0.3 is 0 Å². The molecule has 0 radical (unpaired) electrons. The first kappa shape index (κ1) is 7.92. The van der Waals surface area contributed by atoms with Crippen molar-refractivity contribution in [3.8, 4) is 0 Å². The molecule has 1 aromatic heterocycles. The number of nitrogens with two attached hydrogens (primary N) is 1. The van der Waals surface area contributed by atoms with Crippen molar-refractivity contribution >= 4 is 6.08 Å². The topological polar surface area (TPSA) is 41.8 Å². The molecular formula is C9H14N2. The van der Waals surface area contributed by atoms with Crippen LogP contribution in [-0.2, 0) is 0 Å². The van der Waals surface area contributed by atoms with Gasteiger partial charge in [0.05, 0.1) is 0 Å². The van der Waals surface area contributed by atoms with E-state index in [-0.39, 0.29) is 0 Å². The largest absolute Gasteiger partial charge is 0.405 e. The van der Waals surface area contributed by atoms with Gasteiger partial charge in [0.25, 0.3) is 0 Å². The fraction of sp³-hybridized carbons (Fsp3) is 0.333. The highest BCUT2D eigenvalue weighted by Gasteiger charge is 1.99. The molecular weight excluding hydrogens is 136 g/mol. The van der Waals surface area contributed by atoms with E-state index >= 15 is 0 Å². The Morgan fingerprint density at radius 3 is 2.64 bits per heavy atom. The number of hydrogen-bond acceptors (Lipinski definition) is 1. The number of H-pyrrole nitrogens is 1. The van der Waals surface area contributed by atoms with E-state index in [1.165, 1.54) is 11.9 Å². The highest BCUT2D eigenvalue weighted by molar-refractivity contribution is 5.44. The maximum atomic E-state index is 5.25. The maximum absolute atomic E-state index is 5.25. The summed E-state index contributed by atoms with van der Waals surface area (Å²) in [5, 5.41) is 0. The molecule has 3 N–H and O–H groups in total. The van der Waals surface area contributed by atoms with Crippen LogP contribution >= 0.6 is 0 Å². The van der Waals surface area contributed by atoms with Crippen LogP contribution < -0.4 is 5.73 Å². The Bertz CT molecular complexity index is 246. The van der Waals surface area contributed by atoms with Crippen LogP contribution in [0.5, 0.6) is 0 Å². The van der Waals surface area contributed by atoms with Gasteiger partial charge in [0, 0.05) is 11.4 Å². The second kappa shape index (κ2) is 3.28. The molecule has 0 amide bonds. The van der Waals surface area contributed by atoms with Crippen molar-refractivity contribution in [1.82, 2.24) is 4.98 Å². The zero-order valence-corrected chi connectivity index (χ0v) is 6.96. The highest BCUT2D eigenvalue weighted by Crippen LogP contribution is 2.13. The lowest BCUT2D eigenvalue weighted by Crippen LogP contribution is -1.86. The van der Waals surface area contributed by atoms with Gasteiger partial charge in [-0.2, -0.15) is 0 Å². The van der Waals surface area contributed by atoms with E-state index < -0.39 is 0 Å². The van der Waals surface area contributed by atoms with Crippen LogP contribution in [0.2, 0.25) is 0 Å². The van der Waals surface area contributed by atoms with Gasteiger partial charge in [0.1, 0.15) is 0 Å². The Morgan fingerprint density at radius 2 is 2.18 bits per heavy atom. The summed E-state index contributed by atoms with van der Waals surface area (Å²) >= 11 is 0. The van der Waals surface area contributed by atoms with Crippen molar-refractivity contribution in [3.05, 3.63) is 29.7 Å². The molecule has 0 aromatic carbocycles. The quantitative estimate of drug-likeness (QED) is 0.665. The van der Waals surface area contributed by atoms with Crippen LogP contribution in [0.15, 0.2) is 18.3 Å². The zero-order chi connectivity index (χ0) is 8.27. The minimum Gasteiger partial charge on any atom is -0.405 e. The number of nitrogens with one attached hydrogen (secondary N) is 1. The van der Waals surface area contributed by atoms with Crippen molar-refractivity contribution in [2.24, 2.45) is 5.73 Å². The molecule has 2 nitrogen and oxygen atoms in total. The Kier molecular flexibility index (Phi) is 2.36. The normalized spacial score (nSPS) is 11.5. The second-order valence-corrected chi connectivity index (χ2v) is 2.88. The van der Waals surface area contributed by atoms with Gasteiger partial charge in [-0.15, -0.1) is 0 Å². The summed E-state index contributed by atoms with van der Waals surface area (Å²) in [6.07, 6.45) is 3.39. The molecule has 60 valence electrons. The van der Waals surface area contributed by atoms with E-state index in [1.807, 2.05) is 12.1 Å². The number of hydrogen-bond donors (Lipinski definition) is 2. The van der Waals surface area contributed by atoms with Crippen LogP contribution in [0.3, 0.4) is 0 Å². The predicted molar refractivity (Wildman–Crippen MR) is 48.1 cm³/mol. The third kappa shape index (κ3) is 1.87. The van der Waals surface area contributed by atoms with Crippen molar-refractivity contribution in [3.63, 3.8) is 0 Å². The van der Waals surface area contributed by atoms with E-state index in [9.17, 15) is 0 Å². The molecule has 1 rings (SSSR count). The minimum atomic E-state index is 0.551. The predicted octanol–water partition coefficient (Wildman–Crippen LogP) is 2.07. The van der Waals surface area contributed by atoms with Gasteiger partial charge in [-0.1, -0.05) is 13.8 Å². The van der Waals surface area contributed by atoms with Crippen molar-refractivity contribution < 1.29 is 0 Å². The fourth-order valence-electron chi connectivity index (χ4n) is 0.967. The third-order valence-electron chi connectivity index (χ3n) is 1.63. The van der Waals surface area contributed by atoms with Gasteiger partial charge in [-0.3, -0.25) is 0 Å². The molecule has 0 aliphatic rings. The van der Waals surface area contributed by atoms with Crippen LogP contribution in [0.4, 0.5) is 0 Å². The van der Waals surface area contributed by atoms with Gasteiger partial charge in [0.15, 0.2) is 0 Å². The van der Waals surface area contributed by atoms with Crippen LogP contribution in [-0.4, -0.2) is 4.98 Å². The van der Waals surface area contributed by atoms with E-state index in [2.05, 4.69) is 24.9 Å².